The van der Waals surface area contributed by atoms with Crippen molar-refractivity contribution >= 4 is 35.3 Å². The van der Waals surface area contributed by atoms with Crippen molar-refractivity contribution in [3.8, 4) is 6.07 Å². The van der Waals surface area contributed by atoms with Crippen LogP contribution in [-0.2, 0) is 31.8 Å². The lowest BCUT2D eigenvalue weighted by Crippen LogP contribution is -2.44. The number of carbonyl (C=O) groups is 4. The molecule has 4 rings (SSSR count). The van der Waals surface area contributed by atoms with E-state index >= 15 is 0 Å². The average Bonchev–Trinajstić information content (AvgIpc) is 3.57. The maximum absolute atomic E-state index is 14.0. The third-order valence-electron chi connectivity index (χ3n) is 9.13. The van der Waals surface area contributed by atoms with Gasteiger partial charge in [0.15, 0.2) is 0 Å². The molecule has 0 unspecified atom stereocenters. The molecule has 2 aliphatic heterocycles. The number of hydrogen-bond donors (Lipinski definition) is 3. The van der Waals surface area contributed by atoms with Gasteiger partial charge in [0, 0.05) is 51.5 Å². The van der Waals surface area contributed by atoms with Gasteiger partial charge in [-0.2, -0.15) is 18.4 Å². The molecular formula is C34H41F3N6O6. The summed E-state index contributed by atoms with van der Waals surface area (Å²) in [4.78, 5) is 58.8. The second-order valence-corrected chi connectivity index (χ2v) is 12.6. The smallest absolute Gasteiger partial charge is 0.451 e. The molecule has 0 spiro atoms. The van der Waals surface area contributed by atoms with Gasteiger partial charge in [0.2, 0.25) is 11.7 Å². The molecule has 0 aliphatic carbocycles. The molecule has 3 N–H and O–H groups in total. The van der Waals surface area contributed by atoms with Crippen molar-refractivity contribution in [1.82, 2.24) is 15.3 Å². The van der Waals surface area contributed by atoms with Crippen LogP contribution in [0.5, 0.6) is 0 Å². The van der Waals surface area contributed by atoms with E-state index in [0.29, 0.717) is 76.7 Å². The Balaban J connectivity index is 1.32. The van der Waals surface area contributed by atoms with Crippen molar-refractivity contribution < 1.29 is 42.6 Å². The fourth-order valence-electron chi connectivity index (χ4n) is 6.39. The predicted octanol–water partition coefficient (Wildman–Crippen LogP) is 4.61. The highest BCUT2D eigenvalue weighted by atomic mass is 19.4. The number of aliphatic carboxylic acids is 2. The summed E-state index contributed by atoms with van der Waals surface area (Å²) in [6.45, 7) is 1.59. The normalized spacial score (nSPS) is 17.4. The summed E-state index contributed by atoms with van der Waals surface area (Å²) in [5.74, 6) is -4.72. The van der Waals surface area contributed by atoms with E-state index in [4.69, 9.17) is 10.4 Å². The fourth-order valence-corrected chi connectivity index (χ4v) is 6.39. The summed E-state index contributed by atoms with van der Waals surface area (Å²) < 4.78 is 41.9. The van der Waals surface area contributed by atoms with E-state index in [-0.39, 0.29) is 54.9 Å². The standard InChI is InChI=1S/C34H41F3N6O6/c35-34(36,37)33-40-28(42-17-13-22(14-18-42)3-1-4-26(44)19-25(32(48)49)10-11-30(45)46)20-29(41-33)43-16-2-5-27(43)31(47)39-15-12-23-6-8-24(21-38)9-7-23/h6-9,20,22,25,27H,1-5,10-19H2,(H,39,47)(H,45,46)(H,48,49)/t25-,27+/m1/s1. The van der Waals surface area contributed by atoms with Crippen molar-refractivity contribution in [3.05, 3.63) is 47.3 Å². The van der Waals surface area contributed by atoms with E-state index in [1.54, 1.807) is 21.9 Å². The second-order valence-electron chi connectivity index (χ2n) is 12.6. The van der Waals surface area contributed by atoms with Crippen LogP contribution in [0.4, 0.5) is 24.8 Å². The first kappa shape index (κ1) is 37.1. The number of Topliss-reactive ketones (excluding diaryl/α,β-unsaturated/α-hetero) is 1. The van der Waals surface area contributed by atoms with Crippen molar-refractivity contribution in [2.24, 2.45) is 11.8 Å². The number of nitrogens with one attached hydrogen (secondary N) is 1. The molecule has 1 amide bonds. The zero-order valence-electron chi connectivity index (χ0n) is 27.1. The van der Waals surface area contributed by atoms with Gasteiger partial charge >= 0.3 is 18.1 Å². The van der Waals surface area contributed by atoms with Crippen LogP contribution in [0.25, 0.3) is 0 Å². The van der Waals surface area contributed by atoms with Crippen molar-refractivity contribution in [2.75, 3.05) is 36.0 Å². The third kappa shape index (κ3) is 10.9. The van der Waals surface area contributed by atoms with Gasteiger partial charge < -0.3 is 25.3 Å². The molecule has 0 radical (unpaired) electrons. The van der Waals surface area contributed by atoms with E-state index in [1.807, 2.05) is 12.1 Å². The number of hydrogen-bond acceptors (Lipinski definition) is 9. The molecule has 2 fully saturated rings. The largest absolute Gasteiger partial charge is 0.481 e. The number of benzene rings is 1. The minimum Gasteiger partial charge on any atom is -0.481 e. The Bertz CT molecular complexity index is 1520. The number of carbonyl (C=O) groups excluding carboxylic acids is 2. The fraction of sp³-hybridized carbons (Fsp3) is 0.559. The van der Waals surface area contributed by atoms with Crippen LogP contribution >= 0.6 is 0 Å². The Morgan fingerprint density at radius 3 is 2.33 bits per heavy atom. The summed E-state index contributed by atoms with van der Waals surface area (Å²) in [6, 6.07) is 9.90. The first-order valence-electron chi connectivity index (χ1n) is 16.5. The minimum absolute atomic E-state index is 0.0470. The maximum Gasteiger partial charge on any atom is 0.451 e. The van der Waals surface area contributed by atoms with Gasteiger partial charge in [-0.1, -0.05) is 12.1 Å². The number of nitriles is 1. The summed E-state index contributed by atoms with van der Waals surface area (Å²) in [5.41, 5.74) is 1.47. The summed E-state index contributed by atoms with van der Waals surface area (Å²) in [7, 11) is 0. The van der Waals surface area contributed by atoms with Crippen LogP contribution < -0.4 is 15.1 Å². The summed E-state index contributed by atoms with van der Waals surface area (Å²) in [6.07, 6.45) is -1.07. The van der Waals surface area contributed by atoms with Gasteiger partial charge in [-0.25, -0.2) is 9.97 Å². The van der Waals surface area contributed by atoms with Crippen LogP contribution in [0.2, 0.25) is 0 Å². The molecule has 1 aromatic carbocycles. The molecule has 2 saturated heterocycles. The molecular weight excluding hydrogens is 645 g/mol. The number of anilines is 2. The number of carboxylic acids is 2. The lowest BCUT2D eigenvalue weighted by molar-refractivity contribution is -0.145. The Morgan fingerprint density at radius 2 is 1.69 bits per heavy atom. The Kier molecular flexibility index (Phi) is 12.9. The SMILES string of the molecule is N#Cc1ccc(CCNC(=O)[C@@H]2CCCN2c2cc(N3CCC(CCCC(=O)C[C@@H](CCC(=O)O)C(=O)O)CC3)nc(C(F)(F)F)n2)cc1. The van der Waals surface area contributed by atoms with Crippen LogP contribution in [0.3, 0.4) is 0 Å². The van der Waals surface area contributed by atoms with Gasteiger partial charge in [0.25, 0.3) is 0 Å². The Labute approximate surface area is 282 Å². The zero-order valence-corrected chi connectivity index (χ0v) is 27.1. The predicted molar refractivity (Wildman–Crippen MR) is 172 cm³/mol. The molecule has 2 aromatic rings. The first-order valence-corrected chi connectivity index (χ1v) is 16.5. The molecule has 0 saturated carbocycles. The highest BCUT2D eigenvalue weighted by Crippen LogP contribution is 2.34. The number of alkyl halides is 3. The van der Waals surface area contributed by atoms with Gasteiger partial charge in [-0.15, -0.1) is 0 Å². The molecule has 15 heteroatoms. The van der Waals surface area contributed by atoms with Gasteiger partial charge in [-0.05, 0) is 75.0 Å². The number of rotatable bonds is 16. The molecule has 12 nitrogen and oxygen atoms in total. The quantitative estimate of drug-likeness (QED) is 0.225. The lowest BCUT2D eigenvalue weighted by atomic mass is 9.89. The lowest BCUT2D eigenvalue weighted by Gasteiger charge is -2.34. The molecule has 2 aliphatic rings. The highest BCUT2D eigenvalue weighted by molar-refractivity contribution is 5.86. The summed E-state index contributed by atoms with van der Waals surface area (Å²) >= 11 is 0. The van der Waals surface area contributed by atoms with Crippen LogP contribution in [0.1, 0.15) is 81.2 Å². The molecule has 0 bridgehead atoms. The highest BCUT2D eigenvalue weighted by Gasteiger charge is 2.39. The molecule has 264 valence electrons. The van der Waals surface area contributed by atoms with Gasteiger partial charge in [-0.3, -0.25) is 19.2 Å². The third-order valence-corrected chi connectivity index (χ3v) is 9.13. The molecule has 3 heterocycles. The second kappa shape index (κ2) is 17.1. The van der Waals surface area contributed by atoms with Crippen LogP contribution in [0, 0.1) is 23.2 Å². The molecule has 1 aromatic heterocycles. The van der Waals surface area contributed by atoms with E-state index in [1.165, 1.54) is 6.07 Å². The number of aromatic nitrogens is 2. The zero-order chi connectivity index (χ0) is 35.6. The van der Waals surface area contributed by atoms with Crippen molar-refractivity contribution in [1.29, 1.82) is 5.26 Å². The van der Waals surface area contributed by atoms with E-state index < -0.39 is 35.9 Å². The van der Waals surface area contributed by atoms with Crippen molar-refractivity contribution in [2.45, 2.75) is 82.8 Å². The number of ketones is 1. The van der Waals surface area contributed by atoms with E-state index in [2.05, 4.69) is 21.4 Å². The Hall–Kier alpha value is -4.74. The number of nitrogens with zero attached hydrogens (tertiary/aromatic N) is 5. The molecule has 2 atom stereocenters. The topological polar surface area (TPSA) is 177 Å². The van der Waals surface area contributed by atoms with E-state index in [9.17, 15) is 37.5 Å². The Morgan fingerprint density at radius 1 is 1.00 bits per heavy atom. The number of halogens is 3. The minimum atomic E-state index is -4.79. The first-order chi connectivity index (χ1) is 23.3. The number of amides is 1. The van der Waals surface area contributed by atoms with Crippen LogP contribution in [0.15, 0.2) is 30.3 Å². The van der Waals surface area contributed by atoms with E-state index in [0.717, 1.165) is 5.56 Å². The number of carboxylic acid groups (broad SMARTS) is 2. The molecule has 49 heavy (non-hydrogen) atoms. The van der Waals surface area contributed by atoms with Crippen molar-refractivity contribution in [3.63, 3.8) is 0 Å². The van der Waals surface area contributed by atoms with Gasteiger partial charge in [0.05, 0.1) is 17.6 Å². The van der Waals surface area contributed by atoms with Crippen LogP contribution in [-0.4, -0.2) is 76.0 Å². The van der Waals surface area contributed by atoms with Gasteiger partial charge in [0.1, 0.15) is 23.5 Å². The average molecular weight is 687 g/mol. The number of piperidine rings is 1. The maximum atomic E-state index is 14.0. The monoisotopic (exact) mass is 686 g/mol. The summed E-state index contributed by atoms with van der Waals surface area (Å²) in [5, 5.41) is 29.9.